The van der Waals surface area contributed by atoms with Gasteiger partial charge in [-0.25, -0.2) is 0 Å². The van der Waals surface area contributed by atoms with Crippen molar-refractivity contribution in [2.45, 2.75) is 31.8 Å². The smallest absolute Gasteiger partial charge is 0.229 e. The molecule has 3 amide bonds. The number of amides is 3. The maximum atomic E-state index is 12.2. The standard InChI is InChI=1S/C20H21N3O3/c21-17(15-4-2-1-3-5-15)12-18(24)22-16-8-6-14(7-9-16)13-23-19(25)10-11-20(23)26/h1-9,17H,10-13,21H2,(H,22,24). The summed E-state index contributed by atoms with van der Waals surface area (Å²) in [5.74, 6) is -0.441. The van der Waals surface area contributed by atoms with Crippen molar-refractivity contribution in [2.24, 2.45) is 5.73 Å². The monoisotopic (exact) mass is 351 g/mol. The molecular formula is C20H21N3O3. The summed E-state index contributed by atoms with van der Waals surface area (Å²) in [6.45, 7) is 0.269. The van der Waals surface area contributed by atoms with E-state index in [4.69, 9.17) is 5.73 Å². The Kier molecular flexibility index (Phi) is 5.43. The highest BCUT2D eigenvalue weighted by atomic mass is 16.2. The third kappa shape index (κ3) is 4.34. The van der Waals surface area contributed by atoms with E-state index in [1.807, 2.05) is 30.3 Å². The number of rotatable bonds is 6. The number of nitrogens with one attached hydrogen (secondary N) is 1. The quantitative estimate of drug-likeness (QED) is 0.782. The van der Waals surface area contributed by atoms with Gasteiger partial charge in [0.2, 0.25) is 17.7 Å². The van der Waals surface area contributed by atoms with E-state index in [0.717, 1.165) is 11.1 Å². The van der Waals surface area contributed by atoms with Crippen molar-refractivity contribution in [3.8, 4) is 0 Å². The zero-order valence-corrected chi connectivity index (χ0v) is 14.4. The summed E-state index contributed by atoms with van der Waals surface area (Å²) in [6.07, 6.45) is 0.756. The molecule has 2 aromatic rings. The van der Waals surface area contributed by atoms with Crippen LogP contribution in [0.2, 0.25) is 0 Å². The molecule has 0 aromatic heterocycles. The maximum Gasteiger partial charge on any atom is 0.229 e. The Morgan fingerprint density at radius 2 is 1.62 bits per heavy atom. The van der Waals surface area contributed by atoms with Gasteiger partial charge in [-0.3, -0.25) is 19.3 Å². The van der Waals surface area contributed by atoms with Gasteiger partial charge in [0, 0.05) is 31.0 Å². The Bertz CT molecular complexity index is 787. The van der Waals surface area contributed by atoms with Gasteiger partial charge in [-0.1, -0.05) is 42.5 Å². The summed E-state index contributed by atoms with van der Waals surface area (Å²) in [7, 11) is 0. The fraction of sp³-hybridized carbons (Fsp3) is 0.250. The Morgan fingerprint density at radius 1 is 1.00 bits per heavy atom. The van der Waals surface area contributed by atoms with Crippen molar-refractivity contribution in [3.05, 3.63) is 65.7 Å². The number of likely N-dealkylation sites (tertiary alicyclic amines) is 1. The number of hydrogen-bond donors (Lipinski definition) is 2. The molecule has 6 nitrogen and oxygen atoms in total. The van der Waals surface area contributed by atoms with Crippen molar-refractivity contribution < 1.29 is 14.4 Å². The lowest BCUT2D eigenvalue weighted by Gasteiger charge is -2.15. The molecule has 6 heteroatoms. The van der Waals surface area contributed by atoms with Crippen molar-refractivity contribution in [3.63, 3.8) is 0 Å². The normalized spacial score (nSPS) is 15.2. The van der Waals surface area contributed by atoms with E-state index in [1.54, 1.807) is 24.3 Å². The van der Waals surface area contributed by atoms with Crippen LogP contribution in [0.1, 0.15) is 36.4 Å². The minimum absolute atomic E-state index is 0.137. The fourth-order valence-electron chi connectivity index (χ4n) is 2.91. The van der Waals surface area contributed by atoms with E-state index < -0.39 is 0 Å². The van der Waals surface area contributed by atoms with Crippen molar-refractivity contribution in [2.75, 3.05) is 5.32 Å². The first-order chi connectivity index (χ1) is 12.5. The molecule has 1 atom stereocenters. The van der Waals surface area contributed by atoms with Crippen molar-refractivity contribution in [1.82, 2.24) is 4.90 Å². The van der Waals surface area contributed by atoms with Gasteiger partial charge in [-0.2, -0.15) is 0 Å². The lowest BCUT2D eigenvalue weighted by atomic mass is 10.0. The lowest BCUT2D eigenvalue weighted by molar-refractivity contribution is -0.139. The van der Waals surface area contributed by atoms with Crippen molar-refractivity contribution >= 4 is 23.4 Å². The van der Waals surface area contributed by atoms with Gasteiger partial charge in [0.1, 0.15) is 0 Å². The molecule has 134 valence electrons. The van der Waals surface area contributed by atoms with Gasteiger partial charge in [-0.05, 0) is 23.3 Å². The molecule has 1 fully saturated rings. The van der Waals surface area contributed by atoms with Crippen LogP contribution < -0.4 is 11.1 Å². The van der Waals surface area contributed by atoms with Crippen LogP contribution in [0.3, 0.4) is 0 Å². The average Bonchev–Trinajstić information content (AvgIpc) is 2.96. The Hall–Kier alpha value is -2.99. The Balaban J connectivity index is 1.54. The highest BCUT2D eigenvalue weighted by Crippen LogP contribution is 2.18. The summed E-state index contributed by atoms with van der Waals surface area (Å²) in [5.41, 5.74) is 8.47. The lowest BCUT2D eigenvalue weighted by Crippen LogP contribution is -2.28. The predicted octanol–water partition coefficient (Wildman–Crippen LogP) is 2.36. The minimum Gasteiger partial charge on any atom is -0.326 e. The molecule has 0 bridgehead atoms. The number of carbonyl (C=O) groups excluding carboxylic acids is 3. The van der Waals surface area contributed by atoms with E-state index in [1.165, 1.54) is 4.90 Å². The zero-order chi connectivity index (χ0) is 18.5. The molecule has 3 rings (SSSR count). The number of benzene rings is 2. The van der Waals surface area contributed by atoms with Crippen LogP contribution >= 0.6 is 0 Å². The van der Waals surface area contributed by atoms with Gasteiger partial charge in [0.25, 0.3) is 0 Å². The van der Waals surface area contributed by atoms with E-state index in [0.29, 0.717) is 5.69 Å². The molecule has 0 radical (unpaired) electrons. The maximum absolute atomic E-state index is 12.2. The number of nitrogens with zero attached hydrogens (tertiary/aromatic N) is 1. The number of nitrogens with two attached hydrogens (primary N) is 1. The third-order valence-corrected chi connectivity index (χ3v) is 4.37. The molecule has 0 spiro atoms. The SMILES string of the molecule is NC(CC(=O)Nc1ccc(CN2C(=O)CCC2=O)cc1)c1ccccc1. The second-order valence-corrected chi connectivity index (χ2v) is 6.34. The van der Waals surface area contributed by atoms with Gasteiger partial charge in [0.05, 0.1) is 6.54 Å². The summed E-state index contributed by atoms with van der Waals surface area (Å²) >= 11 is 0. The van der Waals surface area contributed by atoms with Crippen LogP contribution in [0.15, 0.2) is 54.6 Å². The first-order valence-electron chi connectivity index (χ1n) is 8.55. The zero-order valence-electron chi connectivity index (χ0n) is 14.4. The summed E-state index contributed by atoms with van der Waals surface area (Å²) in [5, 5.41) is 2.81. The first kappa shape index (κ1) is 17.8. The molecule has 0 aliphatic carbocycles. The highest BCUT2D eigenvalue weighted by Gasteiger charge is 2.28. The van der Waals surface area contributed by atoms with Crippen LogP contribution in [0, 0.1) is 0 Å². The Morgan fingerprint density at radius 3 is 2.23 bits per heavy atom. The summed E-state index contributed by atoms with van der Waals surface area (Å²) in [4.78, 5) is 36.7. The Labute approximate surface area is 152 Å². The highest BCUT2D eigenvalue weighted by molar-refractivity contribution is 6.01. The predicted molar refractivity (Wildman–Crippen MR) is 97.9 cm³/mol. The van der Waals surface area contributed by atoms with E-state index in [2.05, 4.69) is 5.32 Å². The number of hydrogen-bond acceptors (Lipinski definition) is 4. The molecule has 1 heterocycles. The van der Waals surface area contributed by atoms with Crippen molar-refractivity contribution in [1.29, 1.82) is 0 Å². The third-order valence-electron chi connectivity index (χ3n) is 4.37. The second-order valence-electron chi connectivity index (χ2n) is 6.34. The van der Waals surface area contributed by atoms with Gasteiger partial charge < -0.3 is 11.1 Å². The number of imide groups is 1. The van der Waals surface area contributed by atoms with Crippen LogP contribution in [-0.2, 0) is 20.9 Å². The molecule has 1 aliphatic rings. The average molecular weight is 351 g/mol. The van der Waals surface area contributed by atoms with Gasteiger partial charge in [-0.15, -0.1) is 0 Å². The summed E-state index contributed by atoms with van der Waals surface area (Å²) in [6, 6.07) is 16.2. The van der Waals surface area contributed by atoms with Crippen LogP contribution in [0.5, 0.6) is 0 Å². The van der Waals surface area contributed by atoms with Crippen LogP contribution in [0.4, 0.5) is 5.69 Å². The molecule has 0 saturated carbocycles. The molecular weight excluding hydrogens is 330 g/mol. The molecule has 26 heavy (non-hydrogen) atoms. The summed E-state index contributed by atoms with van der Waals surface area (Å²) < 4.78 is 0. The van der Waals surface area contributed by atoms with Crippen LogP contribution in [-0.4, -0.2) is 22.6 Å². The molecule has 1 aliphatic heterocycles. The molecule has 3 N–H and O–H groups in total. The molecule has 2 aromatic carbocycles. The first-order valence-corrected chi connectivity index (χ1v) is 8.55. The number of carbonyl (C=O) groups is 3. The largest absolute Gasteiger partial charge is 0.326 e. The van der Waals surface area contributed by atoms with Gasteiger partial charge >= 0.3 is 0 Å². The van der Waals surface area contributed by atoms with Crippen LogP contribution in [0.25, 0.3) is 0 Å². The second kappa shape index (κ2) is 7.93. The van der Waals surface area contributed by atoms with E-state index >= 15 is 0 Å². The minimum atomic E-state index is -0.359. The topological polar surface area (TPSA) is 92.5 Å². The fourth-order valence-corrected chi connectivity index (χ4v) is 2.91. The van der Waals surface area contributed by atoms with E-state index in [9.17, 15) is 14.4 Å². The molecule has 1 unspecified atom stereocenters. The number of anilines is 1. The van der Waals surface area contributed by atoms with Gasteiger partial charge in [0.15, 0.2) is 0 Å². The molecule has 1 saturated heterocycles. The van der Waals surface area contributed by atoms with E-state index in [-0.39, 0.29) is 49.6 Å².